The lowest BCUT2D eigenvalue weighted by Gasteiger charge is -2.40. The Labute approximate surface area is 116 Å². The number of carbonyl (C=O) groups is 1. The Morgan fingerprint density at radius 2 is 1.90 bits per heavy atom. The summed E-state index contributed by atoms with van der Waals surface area (Å²) in [6.45, 7) is 2.99. The summed E-state index contributed by atoms with van der Waals surface area (Å²) in [7, 11) is 0. The molecule has 0 spiro atoms. The van der Waals surface area contributed by atoms with Crippen LogP contribution in [0.3, 0.4) is 0 Å². The Hall–Kier alpha value is -0.770. The zero-order valence-electron chi connectivity index (χ0n) is 11.5. The van der Waals surface area contributed by atoms with Crippen molar-refractivity contribution in [2.45, 2.75) is 57.1 Å². The highest BCUT2D eigenvalue weighted by Gasteiger charge is 2.44. The lowest BCUT2D eigenvalue weighted by molar-refractivity contribution is -0.310. The van der Waals surface area contributed by atoms with Crippen LogP contribution in [0.1, 0.15) is 20.3 Å². The third kappa shape index (κ3) is 4.37. The van der Waals surface area contributed by atoms with Gasteiger partial charge in [0.05, 0.1) is 25.7 Å². The van der Waals surface area contributed by atoms with Crippen molar-refractivity contribution in [3.63, 3.8) is 0 Å². The summed E-state index contributed by atoms with van der Waals surface area (Å²) in [5, 5.41) is 38.0. The maximum Gasteiger partial charge on any atom is 0.308 e. The number of esters is 1. The number of aliphatic hydroxyl groups excluding tert-OH is 4. The first kappa shape index (κ1) is 17.3. The molecule has 1 aliphatic rings. The van der Waals surface area contributed by atoms with Crippen molar-refractivity contribution in [1.82, 2.24) is 0 Å². The molecule has 4 N–H and O–H groups in total. The third-order valence-electron chi connectivity index (χ3n) is 2.97. The molecule has 1 aliphatic heterocycles. The number of rotatable bonds is 6. The van der Waals surface area contributed by atoms with Gasteiger partial charge in [0.2, 0.25) is 0 Å². The van der Waals surface area contributed by atoms with Gasteiger partial charge in [0.25, 0.3) is 0 Å². The van der Waals surface area contributed by atoms with Crippen molar-refractivity contribution in [2.75, 3.05) is 13.2 Å². The van der Waals surface area contributed by atoms with E-state index in [1.807, 2.05) is 0 Å². The van der Waals surface area contributed by atoms with Crippen molar-refractivity contribution in [3.05, 3.63) is 0 Å². The van der Waals surface area contributed by atoms with Gasteiger partial charge in [-0.25, -0.2) is 0 Å². The largest absolute Gasteiger partial charge is 0.466 e. The van der Waals surface area contributed by atoms with E-state index >= 15 is 0 Å². The molecule has 1 rings (SSSR count). The summed E-state index contributed by atoms with van der Waals surface area (Å²) in [4.78, 5) is 11.3. The van der Waals surface area contributed by atoms with Gasteiger partial charge >= 0.3 is 5.97 Å². The van der Waals surface area contributed by atoms with Gasteiger partial charge < -0.3 is 34.6 Å². The molecule has 0 amide bonds. The predicted molar refractivity (Wildman–Crippen MR) is 65.6 cm³/mol. The van der Waals surface area contributed by atoms with Crippen LogP contribution in [0.5, 0.6) is 0 Å². The van der Waals surface area contributed by atoms with Gasteiger partial charge in [-0.1, -0.05) is 0 Å². The third-order valence-corrected chi connectivity index (χ3v) is 2.97. The summed E-state index contributed by atoms with van der Waals surface area (Å²) in [5.74, 6) is -0.454. The fourth-order valence-corrected chi connectivity index (χ4v) is 1.91. The Bertz CT molecular complexity index is 308. The van der Waals surface area contributed by atoms with Gasteiger partial charge in [0, 0.05) is 0 Å². The lowest BCUT2D eigenvalue weighted by Crippen LogP contribution is -2.59. The van der Waals surface area contributed by atoms with Gasteiger partial charge in [-0.3, -0.25) is 4.79 Å². The second-order valence-corrected chi connectivity index (χ2v) is 4.65. The van der Waals surface area contributed by atoms with Gasteiger partial charge in [0.15, 0.2) is 6.29 Å². The van der Waals surface area contributed by atoms with Gasteiger partial charge in [-0.05, 0) is 13.8 Å². The molecule has 0 aromatic rings. The van der Waals surface area contributed by atoms with E-state index in [1.165, 1.54) is 0 Å². The highest BCUT2D eigenvalue weighted by Crippen LogP contribution is 2.23. The first-order chi connectivity index (χ1) is 9.40. The van der Waals surface area contributed by atoms with Gasteiger partial charge in [0.1, 0.15) is 24.4 Å². The average molecular weight is 294 g/mol. The van der Waals surface area contributed by atoms with E-state index in [0.29, 0.717) is 0 Å². The summed E-state index contributed by atoms with van der Waals surface area (Å²) in [6.07, 6.45) is -7.34. The van der Waals surface area contributed by atoms with E-state index in [0.717, 1.165) is 0 Å². The Morgan fingerprint density at radius 1 is 1.25 bits per heavy atom. The van der Waals surface area contributed by atoms with Gasteiger partial charge in [-0.2, -0.15) is 0 Å². The van der Waals surface area contributed by atoms with E-state index in [4.69, 9.17) is 19.3 Å². The second-order valence-electron chi connectivity index (χ2n) is 4.65. The second kappa shape index (κ2) is 7.87. The SMILES string of the molecule is CCOC(=O)CC(C)OC1OC(CO)C(O)C(O)C1O. The molecule has 1 fully saturated rings. The maximum atomic E-state index is 11.3. The minimum atomic E-state index is -1.50. The van der Waals surface area contributed by atoms with Crippen LogP contribution in [0, 0.1) is 0 Å². The quantitative estimate of drug-likeness (QED) is 0.420. The van der Waals surface area contributed by atoms with Crippen molar-refractivity contribution in [1.29, 1.82) is 0 Å². The number of hydrogen-bond acceptors (Lipinski definition) is 8. The molecule has 8 nitrogen and oxygen atoms in total. The average Bonchev–Trinajstić information content (AvgIpc) is 2.39. The zero-order valence-corrected chi connectivity index (χ0v) is 11.5. The summed E-state index contributed by atoms with van der Waals surface area (Å²) in [5.41, 5.74) is 0. The lowest BCUT2D eigenvalue weighted by atomic mass is 9.99. The molecule has 0 aromatic carbocycles. The Kier molecular flexibility index (Phi) is 6.80. The first-order valence-electron chi connectivity index (χ1n) is 6.52. The van der Waals surface area contributed by atoms with E-state index < -0.39 is 49.4 Å². The number of ether oxygens (including phenoxy) is 3. The summed E-state index contributed by atoms with van der Waals surface area (Å²) in [6, 6.07) is 0. The van der Waals surface area contributed by atoms with Crippen molar-refractivity contribution in [3.8, 4) is 0 Å². The molecule has 0 saturated carbocycles. The molecule has 0 bridgehead atoms. The van der Waals surface area contributed by atoms with Gasteiger partial charge in [-0.15, -0.1) is 0 Å². The summed E-state index contributed by atoms with van der Waals surface area (Å²) >= 11 is 0. The van der Waals surface area contributed by atoms with Crippen LogP contribution >= 0.6 is 0 Å². The minimum absolute atomic E-state index is 0.0388. The molecule has 118 valence electrons. The first-order valence-corrected chi connectivity index (χ1v) is 6.52. The Balaban J connectivity index is 2.55. The molecule has 0 radical (unpaired) electrons. The van der Waals surface area contributed by atoms with Crippen molar-refractivity contribution < 1.29 is 39.4 Å². The number of carbonyl (C=O) groups excluding carboxylic acids is 1. The van der Waals surface area contributed by atoms with Crippen LogP contribution in [0.4, 0.5) is 0 Å². The fourth-order valence-electron chi connectivity index (χ4n) is 1.91. The molecule has 8 heteroatoms. The smallest absolute Gasteiger partial charge is 0.308 e. The zero-order chi connectivity index (χ0) is 15.3. The van der Waals surface area contributed by atoms with Crippen LogP contribution in [-0.2, 0) is 19.0 Å². The topological polar surface area (TPSA) is 126 Å². The predicted octanol–water partition coefficient (Wildman–Crippen LogP) is -1.86. The monoisotopic (exact) mass is 294 g/mol. The van der Waals surface area contributed by atoms with Crippen LogP contribution in [0.2, 0.25) is 0 Å². The minimum Gasteiger partial charge on any atom is -0.466 e. The molecule has 6 unspecified atom stereocenters. The van der Waals surface area contributed by atoms with Crippen molar-refractivity contribution in [2.24, 2.45) is 0 Å². The van der Waals surface area contributed by atoms with Crippen LogP contribution in [0.25, 0.3) is 0 Å². The maximum absolute atomic E-state index is 11.3. The number of aliphatic hydroxyl groups is 4. The molecular weight excluding hydrogens is 272 g/mol. The molecule has 0 aliphatic carbocycles. The normalized spacial score (nSPS) is 35.6. The van der Waals surface area contributed by atoms with E-state index in [1.54, 1.807) is 13.8 Å². The van der Waals surface area contributed by atoms with E-state index in [-0.39, 0.29) is 13.0 Å². The highest BCUT2D eigenvalue weighted by molar-refractivity contribution is 5.69. The molecule has 20 heavy (non-hydrogen) atoms. The highest BCUT2D eigenvalue weighted by atomic mass is 16.7. The van der Waals surface area contributed by atoms with E-state index in [2.05, 4.69) is 0 Å². The van der Waals surface area contributed by atoms with Crippen molar-refractivity contribution >= 4 is 5.97 Å². The van der Waals surface area contributed by atoms with Crippen LogP contribution in [-0.4, -0.2) is 76.4 Å². The fraction of sp³-hybridized carbons (Fsp3) is 0.917. The molecule has 0 aromatic heterocycles. The molecule has 6 atom stereocenters. The molecule has 1 saturated heterocycles. The summed E-state index contributed by atoms with van der Waals surface area (Å²) < 4.78 is 15.2. The standard InChI is InChI=1S/C12H22O8/c1-3-18-8(14)4-6(2)19-12-11(17)10(16)9(15)7(5-13)20-12/h6-7,9-13,15-17H,3-5H2,1-2H3. The Morgan fingerprint density at radius 3 is 2.45 bits per heavy atom. The van der Waals surface area contributed by atoms with Crippen LogP contribution in [0.15, 0.2) is 0 Å². The molecular formula is C12H22O8. The molecule has 1 heterocycles. The van der Waals surface area contributed by atoms with E-state index in [9.17, 15) is 20.1 Å². The number of hydrogen-bond donors (Lipinski definition) is 4. The van der Waals surface area contributed by atoms with Crippen LogP contribution < -0.4 is 0 Å².